The Balaban J connectivity index is -0.000000320. The Bertz CT molecular complexity index is 138. The molecule has 0 spiro atoms. The summed E-state index contributed by atoms with van der Waals surface area (Å²) < 4.78 is 0. The van der Waals surface area contributed by atoms with Gasteiger partial charge in [0.05, 0.1) is 12.1 Å². The van der Waals surface area contributed by atoms with Crippen molar-refractivity contribution in [3.05, 3.63) is 0 Å². The summed E-state index contributed by atoms with van der Waals surface area (Å²) in [6, 6.07) is 0. The van der Waals surface area contributed by atoms with Gasteiger partial charge in [-0.1, -0.05) is 0 Å². The van der Waals surface area contributed by atoms with Gasteiger partial charge >= 0.3 is 80.9 Å². The van der Waals surface area contributed by atoms with Crippen LogP contribution in [0.25, 0.3) is 0 Å². The Morgan fingerprint density at radius 2 is 1.73 bits per heavy atom. The molecule has 0 saturated carbocycles. The van der Waals surface area contributed by atoms with Gasteiger partial charge < -0.3 is 24.9 Å². The van der Waals surface area contributed by atoms with Crippen LogP contribution in [0.2, 0.25) is 0 Å². The molecule has 1 unspecified atom stereocenters. The van der Waals surface area contributed by atoms with E-state index in [2.05, 4.69) is 0 Å². The SMILES string of the molecule is O=C([O-])CC(O)C(=O)[O-].[K+].[Na+]. The van der Waals surface area contributed by atoms with Gasteiger partial charge in [-0.05, 0) is 0 Å². The van der Waals surface area contributed by atoms with Crippen LogP contribution >= 0.6 is 0 Å². The molecule has 0 aliphatic carbocycles. The van der Waals surface area contributed by atoms with E-state index in [1.54, 1.807) is 0 Å². The Labute approximate surface area is 128 Å². The number of rotatable bonds is 3. The molecule has 0 aromatic heterocycles. The average Bonchev–Trinajstić information content (AvgIpc) is 1.63. The normalized spacial score (nSPS) is 10.3. The smallest absolute Gasteiger partial charge is 0.550 e. The first-order valence-electron chi connectivity index (χ1n) is 2.13. The summed E-state index contributed by atoms with van der Waals surface area (Å²) in [7, 11) is 0. The monoisotopic (exact) mass is 194 g/mol. The zero-order valence-corrected chi connectivity index (χ0v) is 11.5. The van der Waals surface area contributed by atoms with E-state index >= 15 is 0 Å². The summed E-state index contributed by atoms with van der Waals surface area (Å²) in [6.45, 7) is 0. The van der Waals surface area contributed by atoms with Crippen LogP contribution in [0.3, 0.4) is 0 Å². The van der Waals surface area contributed by atoms with Crippen LogP contribution in [0.15, 0.2) is 0 Å². The number of hydrogen-bond acceptors (Lipinski definition) is 5. The molecule has 0 saturated heterocycles. The van der Waals surface area contributed by atoms with Crippen molar-refractivity contribution < 1.29 is 106 Å². The van der Waals surface area contributed by atoms with E-state index in [0.29, 0.717) is 0 Å². The van der Waals surface area contributed by atoms with Crippen molar-refractivity contribution in [2.45, 2.75) is 12.5 Å². The van der Waals surface area contributed by atoms with Gasteiger partial charge in [0.2, 0.25) is 0 Å². The molecule has 11 heavy (non-hydrogen) atoms. The zero-order valence-electron chi connectivity index (χ0n) is 6.36. The second-order valence-electron chi connectivity index (χ2n) is 1.41. The van der Waals surface area contributed by atoms with E-state index in [1.165, 1.54) is 0 Å². The minimum Gasteiger partial charge on any atom is -0.550 e. The molecule has 5 nitrogen and oxygen atoms in total. The van der Waals surface area contributed by atoms with Gasteiger partial charge in [0, 0.05) is 12.4 Å². The molecule has 0 heterocycles. The molecule has 52 valence electrons. The molecule has 0 amide bonds. The van der Waals surface area contributed by atoms with Gasteiger partial charge in [0.25, 0.3) is 0 Å². The third-order valence-electron chi connectivity index (χ3n) is 0.632. The van der Waals surface area contributed by atoms with E-state index in [-0.39, 0.29) is 80.9 Å². The van der Waals surface area contributed by atoms with Crippen molar-refractivity contribution in [3.63, 3.8) is 0 Å². The predicted molar refractivity (Wildman–Crippen MR) is 20.6 cm³/mol. The summed E-state index contributed by atoms with van der Waals surface area (Å²) in [5.74, 6) is -3.43. The largest absolute Gasteiger partial charge is 1.00 e. The Morgan fingerprint density at radius 3 is 1.82 bits per heavy atom. The van der Waals surface area contributed by atoms with Gasteiger partial charge in [-0.2, -0.15) is 0 Å². The van der Waals surface area contributed by atoms with Crippen molar-refractivity contribution in [1.29, 1.82) is 0 Å². The average molecular weight is 194 g/mol. The summed E-state index contributed by atoms with van der Waals surface area (Å²) in [6.07, 6.45) is -2.89. The minimum atomic E-state index is -1.96. The van der Waals surface area contributed by atoms with Gasteiger partial charge in [-0.3, -0.25) is 0 Å². The first-order valence-corrected chi connectivity index (χ1v) is 2.13. The van der Waals surface area contributed by atoms with Crippen LogP contribution in [-0.2, 0) is 9.59 Å². The molecule has 0 rings (SSSR count). The first kappa shape index (κ1) is 18.3. The van der Waals surface area contributed by atoms with Crippen LogP contribution in [0.4, 0.5) is 0 Å². The molecule has 0 fully saturated rings. The number of carbonyl (C=O) groups is 2. The van der Waals surface area contributed by atoms with Crippen LogP contribution in [0, 0.1) is 0 Å². The molecule has 0 aromatic carbocycles. The molecule has 1 atom stereocenters. The Morgan fingerprint density at radius 1 is 1.36 bits per heavy atom. The third kappa shape index (κ3) is 11.5. The number of aliphatic hydroxyl groups is 1. The zero-order chi connectivity index (χ0) is 7.44. The minimum absolute atomic E-state index is 0. The Hall–Kier alpha value is 1.54. The molecule has 0 bridgehead atoms. The fraction of sp³-hybridized carbons (Fsp3) is 0.500. The van der Waals surface area contributed by atoms with Crippen molar-refractivity contribution in [3.8, 4) is 0 Å². The van der Waals surface area contributed by atoms with E-state index in [9.17, 15) is 19.8 Å². The Kier molecular flexibility index (Phi) is 16.0. The number of carbonyl (C=O) groups excluding carboxylic acids is 2. The molecular formula is C4H4KNaO5. The molecule has 0 aliphatic rings. The quantitative estimate of drug-likeness (QED) is 0.449. The van der Waals surface area contributed by atoms with Crippen molar-refractivity contribution in [1.82, 2.24) is 0 Å². The van der Waals surface area contributed by atoms with Crippen molar-refractivity contribution >= 4 is 11.9 Å². The van der Waals surface area contributed by atoms with Crippen LogP contribution in [0.1, 0.15) is 6.42 Å². The maximum Gasteiger partial charge on any atom is 1.00 e. The van der Waals surface area contributed by atoms with Crippen LogP contribution < -0.4 is 91.2 Å². The molecule has 0 aromatic rings. The van der Waals surface area contributed by atoms with E-state index in [4.69, 9.17) is 5.11 Å². The summed E-state index contributed by atoms with van der Waals surface area (Å²) in [4.78, 5) is 19.1. The summed E-state index contributed by atoms with van der Waals surface area (Å²) >= 11 is 0. The van der Waals surface area contributed by atoms with Gasteiger partial charge in [-0.25, -0.2) is 0 Å². The predicted octanol–water partition coefficient (Wildman–Crippen LogP) is -9.75. The van der Waals surface area contributed by atoms with E-state index in [1.807, 2.05) is 0 Å². The second-order valence-corrected chi connectivity index (χ2v) is 1.41. The van der Waals surface area contributed by atoms with Gasteiger partial charge in [0.1, 0.15) is 0 Å². The van der Waals surface area contributed by atoms with Crippen molar-refractivity contribution in [2.24, 2.45) is 0 Å². The van der Waals surface area contributed by atoms with E-state index in [0.717, 1.165) is 0 Å². The molecule has 1 N–H and O–H groups in total. The fourth-order valence-corrected chi connectivity index (χ4v) is 0.241. The number of carboxylic acids is 2. The molecule has 0 radical (unpaired) electrons. The summed E-state index contributed by atoms with van der Waals surface area (Å²) in [5, 5.41) is 27.3. The second kappa shape index (κ2) is 9.62. The maximum absolute atomic E-state index is 9.58. The van der Waals surface area contributed by atoms with Gasteiger partial charge in [-0.15, -0.1) is 0 Å². The van der Waals surface area contributed by atoms with Crippen LogP contribution in [-0.4, -0.2) is 23.1 Å². The van der Waals surface area contributed by atoms with E-state index < -0.39 is 24.5 Å². The van der Waals surface area contributed by atoms with Crippen molar-refractivity contribution in [2.75, 3.05) is 0 Å². The topological polar surface area (TPSA) is 100 Å². The number of aliphatic carboxylic acids is 2. The molecule has 0 aliphatic heterocycles. The number of carboxylic acid groups (broad SMARTS) is 2. The fourth-order valence-electron chi connectivity index (χ4n) is 0.241. The third-order valence-corrected chi connectivity index (χ3v) is 0.632. The molecule has 7 heteroatoms. The van der Waals surface area contributed by atoms with Gasteiger partial charge in [0.15, 0.2) is 0 Å². The summed E-state index contributed by atoms with van der Waals surface area (Å²) in [5.41, 5.74) is 0. The first-order chi connectivity index (χ1) is 4.04. The molecular weight excluding hydrogens is 190 g/mol. The number of aliphatic hydroxyl groups excluding tert-OH is 1. The standard InChI is InChI=1S/C4H6O5.K.Na/c5-2(4(8)9)1-3(6)7;;/h2,5H,1H2,(H,6,7)(H,8,9);;/q;2*+1/p-2. The van der Waals surface area contributed by atoms with Crippen LogP contribution in [0.5, 0.6) is 0 Å². The maximum atomic E-state index is 9.58. The number of hydrogen-bond donors (Lipinski definition) is 1.